The van der Waals surface area contributed by atoms with Crippen molar-refractivity contribution in [2.45, 2.75) is 26.9 Å². The topological polar surface area (TPSA) is 87.7 Å². The lowest BCUT2D eigenvalue weighted by Gasteiger charge is -2.10. The van der Waals surface area contributed by atoms with Gasteiger partial charge in [0.2, 0.25) is 5.55 Å². The molecule has 0 saturated heterocycles. The van der Waals surface area contributed by atoms with Gasteiger partial charge in [-0.25, -0.2) is 13.8 Å². The Labute approximate surface area is 188 Å². The van der Waals surface area contributed by atoms with Crippen LogP contribution in [0.15, 0.2) is 64.1 Å². The van der Waals surface area contributed by atoms with Gasteiger partial charge in [0.15, 0.2) is 5.58 Å². The maximum absolute atomic E-state index is 14.1. The van der Waals surface area contributed by atoms with Crippen LogP contribution in [0.2, 0.25) is 0 Å². The molecule has 4 rings (SSSR count). The molecule has 0 aliphatic rings. The van der Waals surface area contributed by atoms with Gasteiger partial charge in [-0.2, -0.15) is 0 Å². The first-order valence-electron chi connectivity index (χ1n) is 10.3. The number of aliphatic hydroxyl groups is 1. The molecule has 0 fully saturated rings. The van der Waals surface area contributed by atoms with E-state index in [1.807, 2.05) is 25.1 Å². The van der Waals surface area contributed by atoms with Crippen LogP contribution in [-0.2, 0) is 13.0 Å². The number of pyridine rings is 1. The van der Waals surface area contributed by atoms with E-state index in [9.17, 15) is 18.7 Å². The van der Waals surface area contributed by atoms with Crippen LogP contribution in [0.25, 0.3) is 11.0 Å². The summed E-state index contributed by atoms with van der Waals surface area (Å²) in [6.07, 6.45) is 2.30. The third-order valence-corrected chi connectivity index (χ3v) is 5.19. The number of aryl methyl sites for hydroxylation is 2. The van der Waals surface area contributed by atoms with E-state index in [0.717, 1.165) is 24.1 Å². The van der Waals surface area contributed by atoms with E-state index in [2.05, 4.69) is 15.3 Å². The molecule has 2 aromatic carbocycles. The molecule has 1 amide bonds. The first-order chi connectivity index (χ1) is 15.9. The minimum Gasteiger partial charge on any atom is -0.436 e. The van der Waals surface area contributed by atoms with Crippen molar-refractivity contribution >= 4 is 28.3 Å². The lowest BCUT2D eigenvalue weighted by molar-refractivity contribution is 0.102. The fraction of sp³-hybridized carbons (Fsp3) is 0.160. The van der Waals surface area contributed by atoms with Gasteiger partial charge in [-0.3, -0.25) is 9.78 Å². The van der Waals surface area contributed by atoms with E-state index < -0.39 is 17.5 Å². The molecule has 4 aromatic rings. The van der Waals surface area contributed by atoms with Crippen molar-refractivity contribution in [2.24, 2.45) is 4.99 Å². The maximum Gasteiger partial charge on any atom is 0.261 e. The number of nitrogens with one attached hydrogen (secondary N) is 1. The van der Waals surface area contributed by atoms with E-state index in [4.69, 9.17) is 4.42 Å². The van der Waals surface area contributed by atoms with Crippen LogP contribution in [0.5, 0.6) is 0 Å². The summed E-state index contributed by atoms with van der Waals surface area (Å²) in [5.41, 5.74) is 2.84. The first-order valence-corrected chi connectivity index (χ1v) is 10.3. The van der Waals surface area contributed by atoms with Crippen LogP contribution in [0.4, 0.5) is 20.2 Å². The second-order valence-electron chi connectivity index (χ2n) is 7.45. The molecule has 0 aliphatic carbocycles. The normalized spacial score (nSPS) is 11.7. The predicted molar refractivity (Wildman–Crippen MR) is 120 cm³/mol. The van der Waals surface area contributed by atoms with Gasteiger partial charge < -0.3 is 14.8 Å². The quantitative estimate of drug-likeness (QED) is 0.451. The SMILES string of the molecule is CCc1cccc(N=c2oc3c(C)ncc(CO)c3cc2C(=O)Nc2ccc(F)cc2F)c1. The van der Waals surface area contributed by atoms with E-state index in [1.165, 1.54) is 12.3 Å². The summed E-state index contributed by atoms with van der Waals surface area (Å²) < 4.78 is 33.4. The number of amides is 1. The summed E-state index contributed by atoms with van der Waals surface area (Å²) >= 11 is 0. The smallest absolute Gasteiger partial charge is 0.261 e. The number of carbonyl (C=O) groups is 1. The zero-order valence-electron chi connectivity index (χ0n) is 18.0. The highest BCUT2D eigenvalue weighted by molar-refractivity contribution is 6.05. The molecule has 0 bridgehead atoms. The van der Waals surface area contributed by atoms with E-state index in [1.54, 1.807) is 13.0 Å². The summed E-state index contributed by atoms with van der Waals surface area (Å²) in [5.74, 6) is -2.37. The predicted octanol–water partition coefficient (Wildman–Crippen LogP) is 4.95. The van der Waals surface area contributed by atoms with E-state index >= 15 is 0 Å². The molecule has 2 heterocycles. The molecule has 0 radical (unpaired) electrons. The summed E-state index contributed by atoms with van der Waals surface area (Å²) in [4.78, 5) is 21.9. The van der Waals surface area contributed by atoms with Crippen molar-refractivity contribution in [3.05, 3.63) is 94.3 Å². The zero-order chi connectivity index (χ0) is 23.5. The third-order valence-electron chi connectivity index (χ3n) is 5.19. The molecule has 6 nitrogen and oxygen atoms in total. The van der Waals surface area contributed by atoms with Crippen molar-refractivity contribution in [1.29, 1.82) is 0 Å². The fourth-order valence-corrected chi connectivity index (χ4v) is 3.40. The minimum atomic E-state index is -0.911. The number of fused-ring (bicyclic) bond motifs is 1. The number of carbonyl (C=O) groups excluding carboxylic acids is 1. The van der Waals surface area contributed by atoms with E-state index in [0.29, 0.717) is 34.0 Å². The van der Waals surface area contributed by atoms with Crippen LogP contribution in [-0.4, -0.2) is 16.0 Å². The van der Waals surface area contributed by atoms with Crippen LogP contribution in [0.3, 0.4) is 0 Å². The summed E-state index contributed by atoms with van der Waals surface area (Å²) in [5, 5.41) is 12.6. The van der Waals surface area contributed by atoms with Crippen LogP contribution >= 0.6 is 0 Å². The molecule has 0 spiro atoms. The second-order valence-corrected chi connectivity index (χ2v) is 7.45. The number of nitrogens with zero attached hydrogens (tertiary/aromatic N) is 2. The van der Waals surface area contributed by atoms with Gasteiger partial charge in [0.05, 0.1) is 23.7 Å². The summed E-state index contributed by atoms with van der Waals surface area (Å²) in [6, 6.07) is 11.8. The first kappa shape index (κ1) is 22.3. The van der Waals surface area contributed by atoms with Crippen molar-refractivity contribution in [2.75, 3.05) is 5.32 Å². The van der Waals surface area contributed by atoms with Gasteiger partial charge in [0.1, 0.15) is 17.2 Å². The van der Waals surface area contributed by atoms with Crippen molar-refractivity contribution < 1.29 is 23.1 Å². The average Bonchev–Trinajstić information content (AvgIpc) is 2.81. The highest BCUT2D eigenvalue weighted by atomic mass is 19.1. The highest BCUT2D eigenvalue weighted by Gasteiger charge is 2.18. The number of halogens is 2. The standard InChI is InChI=1S/C25H21F2N3O3/c1-3-15-5-4-6-18(9-15)29-25-20(24(32)30-22-8-7-17(26)10-21(22)27)11-19-16(13-31)12-28-14(2)23(19)33-25/h4-12,31H,3,13H2,1-2H3,(H,30,32). The average molecular weight is 449 g/mol. The highest BCUT2D eigenvalue weighted by Crippen LogP contribution is 2.23. The fourth-order valence-electron chi connectivity index (χ4n) is 3.40. The van der Waals surface area contributed by atoms with Gasteiger partial charge >= 0.3 is 0 Å². The van der Waals surface area contributed by atoms with Crippen molar-refractivity contribution in [3.8, 4) is 0 Å². The van der Waals surface area contributed by atoms with Gasteiger partial charge in [-0.15, -0.1) is 0 Å². The number of hydrogen-bond acceptors (Lipinski definition) is 5. The molecule has 168 valence electrons. The van der Waals surface area contributed by atoms with Gasteiger partial charge in [0.25, 0.3) is 5.91 Å². The molecule has 2 N–H and O–H groups in total. The van der Waals surface area contributed by atoms with Crippen LogP contribution < -0.4 is 10.9 Å². The molecule has 8 heteroatoms. The van der Waals surface area contributed by atoms with Crippen LogP contribution in [0, 0.1) is 18.6 Å². The Bertz CT molecular complexity index is 1430. The van der Waals surface area contributed by atoms with Gasteiger partial charge in [-0.1, -0.05) is 19.1 Å². The summed E-state index contributed by atoms with van der Waals surface area (Å²) in [7, 11) is 0. The molecule has 0 aliphatic heterocycles. The number of benzene rings is 2. The molecule has 0 saturated carbocycles. The van der Waals surface area contributed by atoms with Gasteiger partial charge in [-0.05, 0) is 49.2 Å². The maximum atomic E-state index is 14.1. The van der Waals surface area contributed by atoms with Crippen molar-refractivity contribution in [3.63, 3.8) is 0 Å². The summed E-state index contributed by atoms with van der Waals surface area (Å²) in [6.45, 7) is 3.44. The van der Waals surface area contributed by atoms with Crippen molar-refractivity contribution in [1.82, 2.24) is 4.98 Å². The Hall–Kier alpha value is -3.91. The lowest BCUT2D eigenvalue weighted by atomic mass is 10.1. The molecular formula is C25H21F2N3O3. The number of aromatic nitrogens is 1. The second kappa shape index (κ2) is 9.30. The third kappa shape index (κ3) is 4.65. The van der Waals surface area contributed by atoms with E-state index in [-0.39, 0.29) is 23.4 Å². The Morgan fingerprint density at radius 3 is 2.73 bits per heavy atom. The number of aliphatic hydroxyl groups excluding tert-OH is 1. The lowest BCUT2D eigenvalue weighted by Crippen LogP contribution is -2.22. The monoisotopic (exact) mass is 449 g/mol. The minimum absolute atomic E-state index is 0.00392. The molecule has 2 aromatic heterocycles. The molecule has 0 unspecified atom stereocenters. The number of rotatable bonds is 5. The zero-order valence-corrected chi connectivity index (χ0v) is 18.0. The number of anilines is 1. The largest absolute Gasteiger partial charge is 0.436 e. The Morgan fingerprint density at radius 1 is 1.18 bits per heavy atom. The molecule has 0 atom stereocenters. The van der Waals surface area contributed by atoms with Gasteiger partial charge in [0, 0.05) is 23.2 Å². The molecular weight excluding hydrogens is 428 g/mol. The molecule has 33 heavy (non-hydrogen) atoms. The number of hydrogen-bond donors (Lipinski definition) is 2. The Balaban J connectivity index is 1.92. The van der Waals surface area contributed by atoms with Crippen LogP contribution in [0.1, 0.15) is 34.1 Å². The Morgan fingerprint density at radius 2 is 2.00 bits per heavy atom. The Kier molecular flexibility index (Phi) is 6.28.